The Kier molecular flexibility index (Phi) is 6.27. The van der Waals surface area contributed by atoms with E-state index in [0.717, 1.165) is 5.56 Å². The molecule has 0 spiro atoms. The molecule has 6 heteroatoms. The predicted octanol–water partition coefficient (Wildman–Crippen LogP) is -0.237. The van der Waals surface area contributed by atoms with E-state index in [1.165, 1.54) is 0 Å². The number of rotatable bonds is 8. The molecule has 0 saturated heterocycles. The lowest BCUT2D eigenvalue weighted by atomic mass is 10.1. The summed E-state index contributed by atoms with van der Waals surface area (Å²) < 4.78 is 5.25. The summed E-state index contributed by atoms with van der Waals surface area (Å²) in [6, 6.07) is 6.23. The number of carbonyl (C=O) groups is 1. The van der Waals surface area contributed by atoms with Gasteiger partial charge in [-0.2, -0.15) is 0 Å². The average Bonchev–Trinajstić information content (AvgIpc) is 2.42. The molecule has 2 unspecified atom stereocenters. The van der Waals surface area contributed by atoms with Crippen molar-refractivity contribution in [1.29, 1.82) is 0 Å². The zero-order valence-corrected chi connectivity index (χ0v) is 10.5. The molecule has 0 heterocycles. The van der Waals surface area contributed by atoms with E-state index in [2.05, 4.69) is 0 Å². The zero-order valence-electron chi connectivity index (χ0n) is 10.5. The standard InChI is InChI=1S/C13H19NO5/c14-12(13(17)18)6-3-9-1-4-11(5-2-9)19-8-10(16)7-15/h1-2,4-5,10,12,15-16H,3,6-8,14H2,(H,17,18). The Balaban J connectivity index is 2.41. The molecule has 0 aliphatic rings. The first kappa shape index (κ1) is 15.4. The topological polar surface area (TPSA) is 113 Å². The number of nitrogens with two attached hydrogens (primary N) is 1. The van der Waals surface area contributed by atoms with Crippen molar-refractivity contribution in [2.24, 2.45) is 5.73 Å². The van der Waals surface area contributed by atoms with E-state index in [-0.39, 0.29) is 13.2 Å². The lowest BCUT2D eigenvalue weighted by Gasteiger charge is -2.10. The SMILES string of the molecule is NC(CCc1ccc(OCC(O)CO)cc1)C(=O)O. The summed E-state index contributed by atoms with van der Waals surface area (Å²) >= 11 is 0. The minimum atomic E-state index is -1.00. The zero-order chi connectivity index (χ0) is 14.3. The van der Waals surface area contributed by atoms with E-state index in [1.807, 2.05) is 12.1 Å². The second-order valence-electron chi connectivity index (χ2n) is 4.27. The lowest BCUT2D eigenvalue weighted by Crippen LogP contribution is -2.30. The van der Waals surface area contributed by atoms with Crippen molar-refractivity contribution in [2.45, 2.75) is 25.0 Å². The van der Waals surface area contributed by atoms with Gasteiger partial charge in [0, 0.05) is 0 Å². The number of aliphatic hydroxyl groups excluding tert-OH is 2. The molecule has 5 N–H and O–H groups in total. The van der Waals surface area contributed by atoms with Crippen molar-refractivity contribution >= 4 is 5.97 Å². The normalized spacial score (nSPS) is 13.8. The van der Waals surface area contributed by atoms with Crippen LogP contribution >= 0.6 is 0 Å². The molecule has 0 aromatic heterocycles. The van der Waals surface area contributed by atoms with Crippen LogP contribution in [0.3, 0.4) is 0 Å². The van der Waals surface area contributed by atoms with Gasteiger partial charge >= 0.3 is 5.97 Å². The summed E-state index contributed by atoms with van der Waals surface area (Å²) in [7, 11) is 0. The minimum absolute atomic E-state index is 0.0275. The molecule has 0 aliphatic heterocycles. The third-order valence-electron chi connectivity index (χ3n) is 2.64. The van der Waals surface area contributed by atoms with Crippen LogP contribution in [0.5, 0.6) is 5.75 Å². The fraction of sp³-hybridized carbons (Fsp3) is 0.462. The third kappa shape index (κ3) is 5.69. The number of benzene rings is 1. The Morgan fingerprint density at radius 2 is 1.95 bits per heavy atom. The van der Waals surface area contributed by atoms with Crippen LogP contribution in [0.4, 0.5) is 0 Å². The van der Waals surface area contributed by atoms with Crippen LogP contribution in [-0.4, -0.2) is 46.6 Å². The maximum atomic E-state index is 10.6. The Bertz CT molecular complexity index is 393. The van der Waals surface area contributed by atoms with E-state index >= 15 is 0 Å². The van der Waals surface area contributed by atoms with E-state index in [4.69, 9.17) is 25.8 Å². The molecule has 19 heavy (non-hydrogen) atoms. The second kappa shape index (κ2) is 7.73. The molecule has 1 aromatic rings. The van der Waals surface area contributed by atoms with Gasteiger partial charge in [-0.1, -0.05) is 12.1 Å². The van der Waals surface area contributed by atoms with Crippen LogP contribution in [0.15, 0.2) is 24.3 Å². The molecule has 106 valence electrons. The van der Waals surface area contributed by atoms with Gasteiger partial charge < -0.3 is 25.8 Å². The number of aliphatic hydroxyl groups is 2. The molecule has 0 radical (unpaired) electrons. The molecular formula is C13H19NO5. The highest BCUT2D eigenvalue weighted by atomic mass is 16.5. The summed E-state index contributed by atoms with van der Waals surface area (Å²) in [5.41, 5.74) is 6.38. The number of aliphatic carboxylic acids is 1. The fourth-order valence-corrected chi connectivity index (χ4v) is 1.44. The molecule has 0 fully saturated rings. The van der Waals surface area contributed by atoms with Crippen molar-refractivity contribution in [3.05, 3.63) is 29.8 Å². The Morgan fingerprint density at radius 1 is 1.32 bits per heavy atom. The smallest absolute Gasteiger partial charge is 0.320 e. The van der Waals surface area contributed by atoms with Gasteiger partial charge in [-0.15, -0.1) is 0 Å². The molecule has 6 nitrogen and oxygen atoms in total. The molecule has 0 amide bonds. The predicted molar refractivity (Wildman–Crippen MR) is 69.0 cm³/mol. The largest absolute Gasteiger partial charge is 0.491 e. The van der Waals surface area contributed by atoms with E-state index in [0.29, 0.717) is 18.6 Å². The number of carboxylic acid groups (broad SMARTS) is 1. The maximum Gasteiger partial charge on any atom is 0.320 e. The first-order valence-corrected chi connectivity index (χ1v) is 6.02. The van der Waals surface area contributed by atoms with Gasteiger partial charge in [0.25, 0.3) is 0 Å². The maximum absolute atomic E-state index is 10.6. The number of carboxylic acids is 1. The Morgan fingerprint density at radius 3 is 2.47 bits per heavy atom. The number of hydrogen-bond donors (Lipinski definition) is 4. The van der Waals surface area contributed by atoms with Gasteiger partial charge in [0.2, 0.25) is 0 Å². The number of aryl methyl sites for hydroxylation is 1. The van der Waals surface area contributed by atoms with Crippen LogP contribution in [0.1, 0.15) is 12.0 Å². The highest BCUT2D eigenvalue weighted by molar-refractivity contribution is 5.73. The first-order valence-electron chi connectivity index (χ1n) is 6.02. The fourth-order valence-electron chi connectivity index (χ4n) is 1.44. The highest BCUT2D eigenvalue weighted by Gasteiger charge is 2.10. The summed E-state index contributed by atoms with van der Waals surface area (Å²) in [6.07, 6.45) is 0.0550. The molecule has 0 aliphatic carbocycles. The quantitative estimate of drug-likeness (QED) is 0.518. The van der Waals surface area contributed by atoms with Gasteiger partial charge in [0.05, 0.1) is 6.61 Å². The van der Waals surface area contributed by atoms with Crippen molar-refractivity contribution in [3.8, 4) is 5.75 Å². The third-order valence-corrected chi connectivity index (χ3v) is 2.64. The Labute approximate surface area is 111 Å². The van der Waals surface area contributed by atoms with E-state index in [9.17, 15) is 4.79 Å². The van der Waals surface area contributed by atoms with E-state index in [1.54, 1.807) is 12.1 Å². The summed E-state index contributed by atoms with van der Waals surface area (Å²) in [6.45, 7) is -0.315. The first-order chi connectivity index (χ1) is 9.02. The van der Waals surface area contributed by atoms with Crippen molar-refractivity contribution in [1.82, 2.24) is 0 Å². The Hall–Kier alpha value is -1.63. The molecule has 0 bridgehead atoms. The van der Waals surface area contributed by atoms with Gasteiger partial charge in [0.1, 0.15) is 24.5 Å². The van der Waals surface area contributed by atoms with Gasteiger partial charge in [0.15, 0.2) is 0 Å². The summed E-state index contributed by atoms with van der Waals surface area (Å²) in [5, 5.41) is 26.4. The van der Waals surface area contributed by atoms with Gasteiger partial charge in [-0.05, 0) is 30.5 Å². The minimum Gasteiger partial charge on any atom is -0.491 e. The molecule has 1 rings (SSSR count). The summed E-state index contributed by atoms with van der Waals surface area (Å²) in [5.74, 6) is -0.420. The van der Waals surface area contributed by atoms with Gasteiger partial charge in [-0.25, -0.2) is 0 Å². The molecule has 2 atom stereocenters. The van der Waals surface area contributed by atoms with Crippen molar-refractivity contribution in [2.75, 3.05) is 13.2 Å². The molecule has 1 aromatic carbocycles. The number of hydrogen-bond acceptors (Lipinski definition) is 5. The van der Waals surface area contributed by atoms with Crippen LogP contribution in [-0.2, 0) is 11.2 Å². The van der Waals surface area contributed by atoms with Crippen LogP contribution < -0.4 is 10.5 Å². The molecule has 0 saturated carbocycles. The second-order valence-corrected chi connectivity index (χ2v) is 4.27. The van der Waals surface area contributed by atoms with Crippen LogP contribution in [0, 0.1) is 0 Å². The highest BCUT2D eigenvalue weighted by Crippen LogP contribution is 2.14. The lowest BCUT2D eigenvalue weighted by molar-refractivity contribution is -0.138. The van der Waals surface area contributed by atoms with Crippen LogP contribution in [0.25, 0.3) is 0 Å². The number of ether oxygens (including phenoxy) is 1. The summed E-state index contributed by atoms with van der Waals surface area (Å²) in [4.78, 5) is 10.6. The van der Waals surface area contributed by atoms with Crippen LogP contribution in [0.2, 0.25) is 0 Å². The van der Waals surface area contributed by atoms with Gasteiger partial charge in [-0.3, -0.25) is 4.79 Å². The van der Waals surface area contributed by atoms with Crippen molar-refractivity contribution < 1.29 is 24.9 Å². The van der Waals surface area contributed by atoms with Crippen molar-refractivity contribution in [3.63, 3.8) is 0 Å². The average molecular weight is 269 g/mol. The molecular weight excluding hydrogens is 250 g/mol. The van der Waals surface area contributed by atoms with E-state index < -0.39 is 18.1 Å². The monoisotopic (exact) mass is 269 g/mol.